The second-order valence-corrected chi connectivity index (χ2v) is 13.6. The molecule has 0 aliphatic rings. The minimum absolute atomic E-state index is 0.926. The Balaban J connectivity index is 1.16. The Morgan fingerprint density at radius 3 is 1.63 bits per heavy atom. The highest BCUT2D eigenvalue weighted by atomic mass is 32.1. The number of anilines is 3. The van der Waals surface area contributed by atoms with Crippen LogP contribution in [-0.2, 0) is 0 Å². The van der Waals surface area contributed by atoms with Crippen LogP contribution in [0.2, 0.25) is 0 Å². The van der Waals surface area contributed by atoms with E-state index in [-0.39, 0.29) is 0 Å². The van der Waals surface area contributed by atoms with E-state index in [1.54, 1.807) is 0 Å². The smallest absolute Gasteiger partial charge is 0.144 e. The maximum atomic E-state index is 6.71. The molecular formula is C46H29NOS. The van der Waals surface area contributed by atoms with E-state index in [0.29, 0.717) is 0 Å². The van der Waals surface area contributed by atoms with Gasteiger partial charge in [-0.25, -0.2) is 0 Å². The summed E-state index contributed by atoms with van der Waals surface area (Å²) < 4.78 is 9.19. The van der Waals surface area contributed by atoms with Crippen LogP contribution in [0, 0.1) is 0 Å². The Hall–Kier alpha value is -6.16. The van der Waals surface area contributed by atoms with E-state index in [2.05, 4.69) is 181 Å². The van der Waals surface area contributed by atoms with Crippen LogP contribution in [0.3, 0.4) is 0 Å². The van der Waals surface area contributed by atoms with Crippen molar-refractivity contribution in [1.82, 2.24) is 0 Å². The molecule has 8 aromatic carbocycles. The quantitative estimate of drug-likeness (QED) is 0.186. The molecule has 3 heteroatoms. The van der Waals surface area contributed by atoms with Crippen molar-refractivity contribution in [3.8, 4) is 22.3 Å². The fourth-order valence-corrected chi connectivity index (χ4v) is 8.39. The summed E-state index contributed by atoms with van der Waals surface area (Å²) in [7, 11) is 0. The Morgan fingerprint density at radius 1 is 0.388 bits per heavy atom. The van der Waals surface area contributed by atoms with Gasteiger partial charge in [0.2, 0.25) is 0 Å². The van der Waals surface area contributed by atoms with E-state index < -0.39 is 0 Å². The molecule has 0 aliphatic carbocycles. The first-order chi connectivity index (χ1) is 24.3. The standard InChI is InChI=1S/C46H29NOS/c1-3-9-30(10-4-1)32-15-20-35(21-16-32)47(36-22-17-33(18-23-36)31-11-5-2-6-12-31)37-24-27-42-40(29-37)45-43(49-42)28-25-39-44-38-14-8-7-13-34(38)19-26-41(44)48-46(39)45/h1-29H. The maximum absolute atomic E-state index is 6.71. The van der Waals surface area contributed by atoms with Crippen molar-refractivity contribution in [1.29, 1.82) is 0 Å². The van der Waals surface area contributed by atoms with Crippen LogP contribution in [0.15, 0.2) is 180 Å². The number of rotatable bonds is 5. The summed E-state index contributed by atoms with van der Waals surface area (Å²) >= 11 is 1.82. The molecule has 230 valence electrons. The molecule has 0 saturated carbocycles. The van der Waals surface area contributed by atoms with E-state index in [1.807, 2.05) is 11.3 Å². The molecular weight excluding hydrogens is 615 g/mol. The van der Waals surface area contributed by atoms with Gasteiger partial charge in [-0.3, -0.25) is 0 Å². The SMILES string of the molecule is c1ccc(-c2ccc(N(c3ccc(-c4ccccc4)cc3)c3ccc4sc5ccc6c(oc7ccc8ccccc8c76)c5c4c3)cc2)cc1. The number of fused-ring (bicyclic) bond motifs is 9. The summed E-state index contributed by atoms with van der Waals surface area (Å²) in [4.78, 5) is 2.36. The van der Waals surface area contributed by atoms with Gasteiger partial charge in [-0.1, -0.05) is 115 Å². The fraction of sp³-hybridized carbons (Fsp3) is 0. The van der Waals surface area contributed by atoms with Crippen LogP contribution in [0.5, 0.6) is 0 Å². The normalized spacial score (nSPS) is 11.7. The minimum Gasteiger partial charge on any atom is -0.455 e. The third kappa shape index (κ3) is 4.62. The molecule has 0 N–H and O–H groups in total. The molecule has 10 rings (SSSR count). The number of hydrogen-bond acceptors (Lipinski definition) is 3. The lowest BCUT2D eigenvalue weighted by Crippen LogP contribution is -2.09. The average molecular weight is 644 g/mol. The molecule has 2 heterocycles. The first-order valence-corrected chi connectivity index (χ1v) is 17.4. The zero-order chi connectivity index (χ0) is 32.3. The third-order valence-corrected chi connectivity index (χ3v) is 10.8. The summed E-state index contributed by atoms with van der Waals surface area (Å²) in [5.74, 6) is 0. The van der Waals surface area contributed by atoms with Gasteiger partial charge in [-0.2, -0.15) is 0 Å². The zero-order valence-corrected chi connectivity index (χ0v) is 27.3. The summed E-state index contributed by atoms with van der Waals surface area (Å²) in [6, 6.07) is 63.1. The topological polar surface area (TPSA) is 16.4 Å². The predicted molar refractivity (Wildman–Crippen MR) is 210 cm³/mol. The van der Waals surface area contributed by atoms with Gasteiger partial charge in [-0.15, -0.1) is 11.3 Å². The van der Waals surface area contributed by atoms with E-state index >= 15 is 0 Å². The second kappa shape index (κ2) is 11.2. The average Bonchev–Trinajstić information content (AvgIpc) is 3.75. The van der Waals surface area contributed by atoms with Gasteiger partial charge in [0.1, 0.15) is 11.2 Å². The van der Waals surface area contributed by atoms with Gasteiger partial charge >= 0.3 is 0 Å². The van der Waals surface area contributed by atoms with E-state index in [0.717, 1.165) is 33.6 Å². The molecule has 0 amide bonds. The fourth-order valence-electron chi connectivity index (χ4n) is 7.31. The van der Waals surface area contributed by atoms with Gasteiger partial charge in [0, 0.05) is 48.0 Å². The minimum atomic E-state index is 0.926. The molecule has 10 aromatic rings. The third-order valence-electron chi connectivity index (χ3n) is 9.67. The first-order valence-electron chi connectivity index (χ1n) is 16.6. The van der Waals surface area contributed by atoms with Crippen molar-refractivity contribution in [2.24, 2.45) is 0 Å². The van der Waals surface area contributed by atoms with Crippen LogP contribution in [0.25, 0.3) is 75.1 Å². The van der Waals surface area contributed by atoms with Gasteiger partial charge < -0.3 is 9.32 Å². The molecule has 2 nitrogen and oxygen atoms in total. The number of thiophene rings is 1. The summed E-state index contributed by atoms with van der Waals surface area (Å²) in [6.45, 7) is 0. The van der Waals surface area contributed by atoms with Crippen molar-refractivity contribution < 1.29 is 4.42 Å². The number of furan rings is 1. The highest BCUT2D eigenvalue weighted by Crippen LogP contribution is 2.46. The lowest BCUT2D eigenvalue weighted by Gasteiger charge is -2.26. The molecule has 0 fully saturated rings. The van der Waals surface area contributed by atoms with E-state index in [9.17, 15) is 0 Å². The molecule has 0 radical (unpaired) electrons. The second-order valence-electron chi connectivity index (χ2n) is 12.5. The van der Waals surface area contributed by atoms with Gasteiger partial charge in [-0.05, 0) is 93.7 Å². The van der Waals surface area contributed by atoms with Crippen molar-refractivity contribution >= 4 is 81.3 Å². The van der Waals surface area contributed by atoms with Gasteiger partial charge in [0.05, 0.1) is 0 Å². The number of benzene rings is 8. The first kappa shape index (κ1) is 27.9. The van der Waals surface area contributed by atoms with E-state index in [1.165, 1.54) is 58.6 Å². The Bertz CT molecular complexity index is 2710. The highest BCUT2D eigenvalue weighted by Gasteiger charge is 2.19. The Morgan fingerprint density at radius 2 is 0.959 bits per heavy atom. The number of nitrogens with zero attached hydrogens (tertiary/aromatic N) is 1. The lowest BCUT2D eigenvalue weighted by molar-refractivity contribution is 0.673. The molecule has 0 aliphatic heterocycles. The lowest BCUT2D eigenvalue weighted by atomic mass is 10.0. The van der Waals surface area contributed by atoms with Crippen LogP contribution >= 0.6 is 11.3 Å². The van der Waals surface area contributed by atoms with Gasteiger partial charge in [0.15, 0.2) is 0 Å². The molecule has 2 aromatic heterocycles. The van der Waals surface area contributed by atoms with Crippen molar-refractivity contribution in [2.75, 3.05) is 4.90 Å². The van der Waals surface area contributed by atoms with Crippen molar-refractivity contribution in [2.45, 2.75) is 0 Å². The monoisotopic (exact) mass is 643 g/mol. The summed E-state index contributed by atoms with van der Waals surface area (Å²) in [5.41, 5.74) is 10.0. The molecule has 0 unspecified atom stereocenters. The molecule has 49 heavy (non-hydrogen) atoms. The number of hydrogen-bond donors (Lipinski definition) is 0. The van der Waals surface area contributed by atoms with Crippen molar-refractivity contribution in [3.05, 3.63) is 176 Å². The highest BCUT2D eigenvalue weighted by molar-refractivity contribution is 7.26. The van der Waals surface area contributed by atoms with Crippen LogP contribution in [-0.4, -0.2) is 0 Å². The Kier molecular flexibility index (Phi) is 6.39. The molecule has 0 spiro atoms. The van der Waals surface area contributed by atoms with Crippen LogP contribution < -0.4 is 4.90 Å². The zero-order valence-electron chi connectivity index (χ0n) is 26.5. The summed E-state index contributed by atoms with van der Waals surface area (Å²) in [6.07, 6.45) is 0. The van der Waals surface area contributed by atoms with E-state index in [4.69, 9.17) is 4.42 Å². The van der Waals surface area contributed by atoms with Crippen LogP contribution in [0.1, 0.15) is 0 Å². The predicted octanol–water partition coefficient (Wildman–Crippen LogP) is 13.9. The Labute approximate surface area is 287 Å². The van der Waals surface area contributed by atoms with Crippen molar-refractivity contribution in [3.63, 3.8) is 0 Å². The summed E-state index contributed by atoms with van der Waals surface area (Å²) in [5, 5.41) is 7.18. The maximum Gasteiger partial charge on any atom is 0.144 e. The molecule has 0 atom stereocenters. The molecule has 0 saturated heterocycles. The van der Waals surface area contributed by atoms with Gasteiger partial charge in [0.25, 0.3) is 0 Å². The van der Waals surface area contributed by atoms with Crippen LogP contribution in [0.4, 0.5) is 17.1 Å². The largest absolute Gasteiger partial charge is 0.455 e. The molecule has 0 bridgehead atoms.